The normalized spacial score (nSPS) is 9.87. The van der Waals surface area contributed by atoms with Gasteiger partial charge in [-0.05, 0) is 18.2 Å². The third-order valence-electron chi connectivity index (χ3n) is 2.15. The standard InChI is InChI=1S/C11H10N4/c12-7-9-2-1-3-10(6-9)15-5-4-14-11(15)8-13/h1-6H,8,13H2. The number of benzene rings is 1. The van der Waals surface area contributed by atoms with Crippen LogP contribution in [0.25, 0.3) is 5.69 Å². The number of hydrogen-bond acceptors (Lipinski definition) is 3. The molecule has 0 spiro atoms. The van der Waals surface area contributed by atoms with E-state index in [0.717, 1.165) is 11.5 Å². The average molecular weight is 198 g/mol. The van der Waals surface area contributed by atoms with Crippen molar-refractivity contribution in [3.63, 3.8) is 0 Å². The summed E-state index contributed by atoms with van der Waals surface area (Å²) in [6.45, 7) is 0.379. The average Bonchev–Trinajstić information content (AvgIpc) is 2.77. The minimum absolute atomic E-state index is 0.379. The molecule has 0 bridgehead atoms. The van der Waals surface area contributed by atoms with E-state index >= 15 is 0 Å². The largest absolute Gasteiger partial charge is 0.324 e. The predicted octanol–water partition coefficient (Wildman–Crippen LogP) is 1.20. The van der Waals surface area contributed by atoms with Gasteiger partial charge in [0.2, 0.25) is 0 Å². The first kappa shape index (κ1) is 9.44. The second-order valence-corrected chi connectivity index (χ2v) is 3.08. The van der Waals surface area contributed by atoms with Crippen LogP contribution in [0, 0.1) is 11.3 Å². The molecule has 0 aliphatic carbocycles. The number of nitrogens with two attached hydrogens (primary N) is 1. The Balaban J connectivity index is 2.50. The van der Waals surface area contributed by atoms with Gasteiger partial charge in [-0.15, -0.1) is 0 Å². The van der Waals surface area contributed by atoms with Crippen molar-refractivity contribution >= 4 is 0 Å². The molecular formula is C11H10N4. The highest BCUT2D eigenvalue weighted by molar-refractivity contribution is 5.41. The lowest BCUT2D eigenvalue weighted by Gasteiger charge is -2.05. The molecule has 0 amide bonds. The maximum Gasteiger partial charge on any atom is 0.126 e. The number of aromatic nitrogens is 2. The smallest absolute Gasteiger partial charge is 0.126 e. The highest BCUT2D eigenvalue weighted by Gasteiger charge is 2.03. The van der Waals surface area contributed by atoms with E-state index in [4.69, 9.17) is 11.0 Å². The lowest BCUT2D eigenvalue weighted by atomic mass is 10.2. The topological polar surface area (TPSA) is 67.6 Å². The van der Waals surface area contributed by atoms with E-state index < -0.39 is 0 Å². The molecule has 15 heavy (non-hydrogen) atoms. The van der Waals surface area contributed by atoms with Crippen molar-refractivity contribution in [2.75, 3.05) is 0 Å². The lowest BCUT2D eigenvalue weighted by molar-refractivity contribution is 0.867. The maximum absolute atomic E-state index is 8.79. The van der Waals surface area contributed by atoms with Gasteiger partial charge in [-0.3, -0.25) is 0 Å². The Morgan fingerprint density at radius 1 is 1.47 bits per heavy atom. The second-order valence-electron chi connectivity index (χ2n) is 3.08. The molecule has 0 saturated carbocycles. The molecule has 2 aromatic rings. The molecule has 0 aliphatic rings. The fraction of sp³-hybridized carbons (Fsp3) is 0.0909. The first-order chi connectivity index (χ1) is 7.35. The number of imidazole rings is 1. The Labute approximate surface area is 87.6 Å². The van der Waals surface area contributed by atoms with Crippen LogP contribution in [0.1, 0.15) is 11.4 Å². The van der Waals surface area contributed by atoms with Crippen molar-refractivity contribution < 1.29 is 0 Å². The van der Waals surface area contributed by atoms with Gasteiger partial charge in [-0.1, -0.05) is 6.07 Å². The molecule has 0 unspecified atom stereocenters. The van der Waals surface area contributed by atoms with Gasteiger partial charge in [0, 0.05) is 18.1 Å². The van der Waals surface area contributed by atoms with Crippen molar-refractivity contribution in [1.82, 2.24) is 9.55 Å². The number of nitriles is 1. The monoisotopic (exact) mass is 198 g/mol. The van der Waals surface area contributed by atoms with Crippen LogP contribution in [0.5, 0.6) is 0 Å². The molecule has 1 aromatic heterocycles. The van der Waals surface area contributed by atoms with E-state index in [1.54, 1.807) is 18.3 Å². The minimum atomic E-state index is 0.379. The molecule has 4 nitrogen and oxygen atoms in total. The van der Waals surface area contributed by atoms with Crippen molar-refractivity contribution in [3.8, 4) is 11.8 Å². The summed E-state index contributed by atoms with van der Waals surface area (Å²) in [7, 11) is 0. The molecule has 0 atom stereocenters. The Hall–Kier alpha value is -2.12. The van der Waals surface area contributed by atoms with Crippen LogP contribution in [-0.4, -0.2) is 9.55 Å². The van der Waals surface area contributed by atoms with Crippen LogP contribution in [-0.2, 0) is 6.54 Å². The zero-order chi connectivity index (χ0) is 10.7. The van der Waals surface area contributed by atoms with Gasteiger partial charge in [-0.2, -0.15) is 5.26 Å². The third-order valence-corrected chi connectivity index (χ3v) is 2.15. The highest BCUT2D eigenvalue weighted by Crippen LogP contribution is 2.12. The van der Waals surface area contributed by atoms with Crippen LogP contribution in [0.15, 0.2) is 36.7 Å². The fourth-order valence-corrected chi connectivity index (χ4v) is 1.45. The van der Waals surface area contributed by atoms with Crippen LogP contribution < -0.4 is 5.73 Å². The van der Waals surface area contributed by atoms with E-state index in [2.05, 4.69) is 11.1 Å². The molecule has 2 rings (SSSR count). The molecular weight excluding hydrogens is 188 g/mol. The lowest BCUT2D eigenvalue weighted by Crippen LogP contribution is -2.06. The first-order valence-electron chi connectivity index (χ1n) is 4.58. The quantitative estimate of drug-likeness (QED) is 0.788. The summed E-state index contributed by atoms with van der Waals surface area (Å²) in [5, 5.41) is 8.79. The molecule has 1 aromatic carbocycles. The van der Waals surface area contributed by atoms with Gasteiger partial charge >= 0.3 is 0 Å². The Morgan fingerprint density at radius 3 is 3.07 bits per heavy atom. The van der Waals surface area contributed by atoms with Crippen molar-refractivity contribution in [2.24, 2.45) is 5.73 Å². The van der Waals surface area contributed by atoms with Crippen LogP contribution in [0.2, 0.25) is 0 Å². The van der Waals surface area contributed by atoms with Crippen molar-refractivity contribution in [3.05, 3.63) is 48.0 Å². The molecule has 2 N–H and O–H groups in total. The summed E-state index contributed by atoms with van der Waals surface area (Å²) in [5.74, 6) is 0.782. The molecule has 0 fully saturated rings. The summed E-state index contributed by atoms with van der Waals surface area (Å²) in [6.07, 6.45) is 3.53. The highest BCUT2D eigenvalue weighted by atomic mass is 15.1. The molecule has 4 heteroatoms. The van der Waals surface area contributed by atoms with Crippen LogP contribution in [0.4, 0.5) is 0 Å². The Bertz CT molecular complexity index is 507. The molecule has 0 aliphatic heterocycles. The number of hydrogen-bond donors (Lipinski definition) is 1. The Kier molecular flexibility index (Phi) is 2.48. The van der Waals surface area contributed by atoms with Crippen molar-refractivity contribution in [2.45, 2.75) is 6.54 Å². The molecule has 1 heterocycles. The number of nitrogens with zero attached hydrogens (tertiary/aromatic N) is 3. The predicted molar refractivity (Wildman–Crippen MR) is 56.2 cm³/mol. The van der Waals surface area contributed by atoms with E-state index in [0.29, 0.717) is 12.1 Å². The zero-order valence-corrected chi connectivity index (χ0v) is 8.09. The summed E-state index contributed by atoms with van der Waals surface area (Å²) in [6, 6.07) is 9.43. The van der Waals surface area contributed by atoms with E-state index in [9.17, 15) is 0 Å². The summed E-state index contributed by atoms with van der Waals surface area (Å²) in [5.41, 5.74) is 7.09. The maximum atomic E-state index is 8.79. The first-order valence-corrected chi connectivity index (χ1v) is 4.58. The Morgan fingerprint density at radius 2 is 2.33 bits per heavy atom. The summed E-state index contributed by atoms with van der Waals surface area (Å²) >= 11 is 0. The minimum Gasteiger partial charge on any atom is -0.324 e. The van der Waals surface area contributed by atoms with Gasteiger partial charge in [0.05, 0.1) is 18.2 Å². The van der Waals surface area contributed by atoms with E-state index in [-0.39, 0.29) is 0 Å². The van der Waals surface area contributed by atoms with Gasteiger partial charge in [0.25, 0.3) is 0 Å². The van der Waals surface area contributed by atoms with Gasteiger partial charge in [0.1, 0.15) is 5.82 Å². The third kappa shape index (κ3) is 1.73. The van der Waals surface area contributed by atoms with Gasteiger partial charge < -0.3 is 10.3 Å². The van der Waals surface area contributed by atoms with Gasteiger partial charge in [-0.25, -0.2) is 4.98 Å². The molecule has 74 valence electrons. The SMILES string of the molecule is N#Cc1cccc(-n2ccnc2CN)c1. The zero-order valence-electron chi connectivity index (χ0n) is 8.09. The van der Waals surface area contributed by atoms with Crippen LogP contribution >= 0.6 is 0 Å². The van der Waals surface area contributed by atoms with E-state index in [1.807, 2.05) is 22.9 Å². The fourth-order valence-electron chi connectivity index (χ4n) is 1.45. The van der Waals surface area contributed by atoms with Crippen molar-refractivity contribution in [1.29, 1.82) is 5.26 Å². The molecule has 0 saturated heterocycles. The van der Waals surface area contributed by atoms with Gasteiger partial charge in [0.15, 0.2) is 0 Å². The number of rotatable bonds is 2. The van der Waals surface area contributed by atoms with E-state index in [1.165, 1.54) is 0 Å². The van der Waals surface area contributed by atoms with Crippen LogP contribution in [0.3, 0.4) is 0 Å². The second kappa shape index (κ2) is 3.95. The summed E-state index contributed by atoms with van der Waals surface area (Å²) in [4.78, 5) is 4.12. The molecule has 0 radical (unpaired) electrons. The summed E-state index contributed by atoms with van der Waals surface area (Å²) < 4.78 is 1.88.